The molecule has 1 aliphatic carbocycles. The maximum Gasteiger partial charge on any atom is 0.251 e. The molecule has 10 nitrogen and oxygen atoms in total. The van der Waals surface area contributed by atoms with Gasteiger partial charge < -0.3 is 20.7 Å². The molecule has 1 aromatic heterocycles. The molecule has 0 bridgehead atoms. The highest BCUT2D eigenvalue weighted by Crippen LogP contribution is 2.39. The van der Waals surface area contributed by atoms with E-state index < -0.39 is 10.0 Å². The van der Waals surface area contributed by atoms with Crippen molar-refractivity contribution in [2.24, 2.45) is 0 Å². The largest absolute Gasteiger partial charge is 0.495 e. The Morgan fingerprint density at radius 2 is 1.92 bits per heavy atom. The molecule has 3 aromatic rings. The lowest BCUT2D eigenvalue weighted by molar-refractivity contribution is 0.0962. The zero-order chi connectivity index (χ0) is 27.6. The van der Waals surface area contributed by atoms with Crippen molar-refractivity contribution in [1.29, 1.82) is 0 Å². The topological polar surface area (TPSA) is 126 Å². The van der Waals surface area contributed by atoms with Gasteiger partial charge in [-0.2, -0.15) is 9.29 Å². The molecule has 0 spiro atoms. The number of anilines is 3. The van der Waals surface area contributed by atoms with E-state index in [1.807, 2.05) is 24.3 Å². The number of hydrogen-bond donors (Lipinski definition) is 3. The maximum atomic E-state index is 12.5. The molecule has 11 heteroatoms. The highest BCUT2D eigenvalue weighted by molar-refractivity contribution is 7.88. The summed E-state index contributed by atoms with van der Waals surface area (Å²) in [7, 11) is 1.27. The number of rotatable bonds is 9. The monoisotopic (exact) mass is 538 g/mol. The molecule has 0 saturated carbocycles. The summed E-state index contributed by atoms with van der Waals surface area (Å²) in [6, 6.07) is 12.4. The molecule has 0 fully saturated rings. The second-order valence-corrected chi connectivity index (χ2v) is 11.7. The summed E-state index contributed by atoms with van der Waals surface area (Å²) in [5, 5.41) is 9.33. The number of methoxy groups -OCH3 is 1. The zero-order valence-electron chi connectivity index (χ0n) is 22.4. The minimum atomic E-state index is -3.44. The number of ether oxygens (including phenoxy) is 1. The van der Waals surface area contributed by atoms with Gasteiger partial charge in [0.2, 0.25) is 16.0 Å². The molecule has 1 aliphatic rings. The number of carbonyl (C=O) groups excluding carboxylic acids is 1. The fraction of sp³-hybridized carbons (Fsp3) is 0.370. The molecule has 1 heterocycles. The first kappa shape index (κ1) is 27.3. The Kier molecular flexibility index (Phi) is 7.89. The standard InChI is InChI=1S/C27H34N6O4S/c1-16(2)20-15-29-27(31-21-12-11-18(26(34)28-3)14-23(21)37-5)32-25(20)30-22-13-17-9-7-8-10-19(17)24(22)33(4)38(6,35)36/h7-12,14-16,22,24H,13H2,1-6H3,(H,28,34)(H2,29,30,31,32)/t22-,24-/m1/s1. The SMILES string of the molecule is CNC(=O)c1ccc(Nc2ncc(C(C)C)c(N[C@@H]3Cc4ccccc4[C@H]3N(C)S(C)(=O)=O)n2)c(OC)c1. The van der Waals surface area contributed by atoms with Crippen molar-refractivity contribution in [3.8, 4) is 5.75 Å². The van der Waals surface area contributed by atoms with Gasteiger partial charge in [0.15, 0.2) is 0 Å². The molecule has 0 radical (unpaired) electrons. The van der Waals surface area contributed by atoms with Crippen LogP contribution in [0.25, 0.3) is 0 Å². The Hall–Kier alpha value is -3.70. The van der Waals surface area contributed by atoms with Crippen molar-refractivity contribution >= 4 is 33.4 Å². The van der Waals surface area contributed by atoms with E-state index in [1.165, 1.54) is 17.7 Å². The van der Waals surface area contributed by atoms with E-state index in [9.17, 15) is 13.2 Å². The Morgan fingerprint density at radius 1 is 1.18 bits per heavy atom. The van der Waals surface area contributed by atoms with Gasteiger partial charge in [-0.05, 0) is 41.7 Å². The van der Waals surface area contributed by atoms with E-state index in [1.54, 1.807) is 38.5 Å². The van der Waals surface area contributed by atoms with E-state index in [0.29, 0.717) is 35.2 Å². The predicted octanol–water partition coefficient (Wildman–Crippen LogP) is 3.68. The van der Waals surface area contributed by atoms with Gasteiger partial charge in [-0.25, -0.2) is 13.4 Å². The summed E-state index contributed by atoms with van der Waals surface area (Å²) >= 11 is 0. The molecule has 2 aromatic carbocycles. The van der Waals surface area contributed by atoms with Crippen molar-refractivity contribution in [3.05, 3.63) is 70.9 Å². The van der Waals surface area contributed by atoms with Crippen molar-refractivity contribution in [1.82, 2.24) is 19.6 Å². The number of nitrogens with zero attached hydrogens (tertiary/aromatic N) is 3. The summed E-state index contributed by atoms with van der Waals surface area (Å²) in [5.74, 6) is 1.35. The Labute approximate surface area is 223 Å². The predicted molar refractivity (Wildman–Crippen MR) is 149 cm³/mol. The van der Waals surface area contributed by atoms with E-state index in [4.69, 9.17) is 9.72 Å². The molecule has 3 N–H and O–H groups in total. The second kappa shape index (κ2) is 11.0. The van der Waals surface area contributed by atoms with Gasteiger partial charge in [0.25, 0.3) is 5.91 Å². The van der Waals surface area contributed by atoms with Crippen LogP contribution in [0.15, 0.2) is 48.7 Å². The Balaban J connectivity index is 1.68. The summed E-state index contributed by atoms with van der Waals surface area (Å²) < 4.78 is 32.0. The number of aromatic nitrogens is 2. The molecule has 0 unspecified atom stereocenters. The van der Waals surface area contributed by atoms with Gasteiger partial charge in [0.05, 0.1) is 31.1 Å². The number of carbonyl (C=O) groups is 1. The van der Waals surface area contributed by atoms with Gasteiger partial charge in [-0.3, -0.25) is 4.79 Å². The van der Waals surface area contributed by atoms with Crippen molar-refractivity contribution in [3.63, 3.8) is 0 Å². The number of amides is 1. The van der Waals surface area contributed by atoms with Crippen LogP contribution in [-0.4, -0.2) is 62.1 Å². The lowest BCUT2D eigenvalue weighted by atomic mass is 10.0. The maximum absolute atomic E-state index is 12.5. The van der Waals surface area contributed by atoms with Gasteiger partial charge in [-0.15, -0.1) is 0 Å². The summed E-state index contributed by atoms with van der Waals surface area (Å²) in [5.41, 5.74) is 4.07. The van der Waals surface area contributed by atoms with Gasteiger partial charge in [-0.1, -0.05) is 38.1 Å². The quantitative estimate of drug-likeness (QED) is 0.377. The fourth-order valence-electron chi connectivity index (χ4n) is 4.73. The van der Waals surface area contributed by atoms with Crippen molar-refractivity contribution in [2.45, 2.75) is 38.3 Å². The first-order valence-corrected chi connectivity index (χ1v) is 14.2. The number of benzene rings is 2. The minimum absolute atomic E-state index is 0.128. The molecule has 0 saturated heterocycles. The normalized spacial score (nSPS) is 16.8. The van der Waals surface area contributed by atoms with Crippen LogP contribution >= 0.6 is 0 Å². The summed E-state index contributed by atoms with van der Waals surface area (Å²) in [6.45, 7) is 4.11. The Bertz CT molecular complexity index is 1440. The van der Waals surface area contributed by atoms with Crippen molar-refractivity contribution < 1.29 is 17.9 Å². The van der Waals surface area contributed by atoms with Crippen LogP contribution < -0.4 is 20.7 Å². The van der Waals surface area contributed by atoms with E-state index >= 15 is 0 Å². The highest BCUT2D eigenvalue weighted by atomic mass is 32.2. The third-order valence-corrected chi connectivity index (χ3v) is 8.08. The smallest absolute Gasteiger partial charge is 0.251 e. The first-order chi connectivity index (χ1) is 18.0. The molecule has 38 heavy (non-hydrogen) atoms. The molecule has 202 valence electrons. The number of hydrogen-bond acceptors (Lipinski definition) is 8. The van der Waals surface area contributed by atoms with Crippen LogP contribution in [0.4, 0.5) is 17.5 Å². The zero-order valence-corrected chi connectivity index (χ0v) is 23.3. The van der Waals surface area contributed by atoms with Gasteiger partial charge in [0, 0.05) is 31.4 Å². The molecule has 0 aliphatic heterocycles. The molecular weight excluding hydrogens is 504 g/mol. The van der Waals surface area contributed by atoms with Crippen LogP contribution in [0.3, 0.4) is 0 Å². The Morgan fingerprint density at radius 3 is 2.58 bits per heavy atom. The van der Waals surface area contributed by atoms with E-state index in [0.717, 1.165) is 16.7 Å². The number of nitrogens with one attached hydrogen (secondary N) is 3. The minimum Gasteiger partial charge on any atom is -0.495 e. The first-order valence-electron chi connectivity index (χ1n) is 12.3. The lowest BCUT2D eigenvalue weighted by Crippen LogP contribution is -2.39. The third kappa shape index (κ3) is 5.58. The van der Waals surface area contributed by atoms with E-state index in [-0.39, 0.29) is 23.9 Å². The van der Waals surface area contributed by atoms with Gasteiger partial charge >= 0.3 is 0 Å². The third-order valence-electron chi connectivity index (χ3n) is 6.81. The van der Waals surface area contributed by atoms with Crippen molar-refractivity contribution in [2.75, 3.05) is 38.1 Å². The number of sulfonamides is 1. The van der Waals surface area contributed by atoms with Crippen LogP contribution in [0.2, 0.25) is 0 Å². The second-order valence-electron chi connectivity index (χ2n) is 9.65. The molecular formula is C27H34N6O4S. The number of fused-ring (bicyclic) bond motifs is 1. The van der Waals surface area contributed by atoms with Crippen LogP contribution in [-0.2, 0) is 16.4 Å². The molecule has 1 amide bonds. The van der Waals surface area contributed by atoms with Crippen LogP contribution in [0.5, 0.6) is 5.75 Å². The fourth-order valence-corrected chi connectivity index (χ4v) is 5.40. The molecule has 2 atom stereocenters. The van der Waals surface area contributed by atoms with E-state index in [2.05, 4.69) is 34.8 Å². The lowest BCUT2D eigenvalue weighted by Gasteiger charge is -2.30. The summed E-state index contributed by atoms with van der Waals surface area (Å²) in [6.07, 6.45) is 3.64. The van der Waals surface area contributed by atoms with Crippen LogP contribution in [0.1, 0.15) is 52.9 Å². The average molecular weight is 539 g/mol. The molecule has 4 rings (SSSR count). The van der Waals surface area contributed by atoms with Gasteiger partial charge in [0.1, 0.15) is 11.6 Å². The number of likely N-dealkylation sites (N-methyl/N-ethyl adjacent to an activating group) is 1. The highest BCUT2D eigenvalue weighted by Gasteiger charge is 2.39. The average Bonchev–Trinajstić information content (AvgIpc) is 3.24. The summed E-state index contributed by atoms with van der Waals surface area (Å²) in [4.78, 5) is 21.3. The van der Waals surface area contributed by atoms with Crippen LogP contribution in [0, 0.1) is 0 Å².